The highest BCUT2D eigenvalue weighted by Crippen LogP contribution is 2.30. The van der Waals surface area contributed by atoms with E-state index in [1.54, 1.807) is 16.9 Å². The molecule has 2 aromatic carbocycles. The van der Waals surface area contributed by atoms with Gasteiger partial charge in [0.2, 0.25) is 5.43 Å². The van der Waals surface area contributed by atoms with Crippen LogP contribution in [0.1, 0.15) is 11.1 Å². The molecule has 0 N–H and O–H groups in total. The molecule has 0 bridgehead atoms. The van der Waals surface area contributed by atoms with Crippen LogP contribution in [0, 0.1) is 6.92 Å². The Labute approximate surface area is 163 Å². The number of rotatable bonds is 3. The number of aromatic nitrogens is 4. The van der Waals surface area contributed by atoms with Crippen molar-refractivity contribution in [3.05, 3.63) is 94.4 Å². The van der Waals surface area contributed by atoms with E-state index in [1.165, 1.54) is 29.1 Å². The second-order valence-electron chi connectivity index (χ2n) is 6.44. The highest BCUT2D eigenvalue weighted by atomic mass is 19.4. The van der Waals surface area contributed by atoms with E-state index >= 15 is 0 Å². The highest BCUT2D eigenvalue weighted by molar-refractivity contribution is 5.58. The van der Waals surface area contributed by atoms with Crippen molar-refractivity contribution in [3.63, 3.8) is 0 Å². The number of hydrogen-bond donors (Lipinski definition) is 0. The molecule has 0 aliphatic heterocycles. The Kier molecular flexibility index (Phi) is 4.54. The van der Waals surface area contributed by atoms with Gasteiger partial charge in [-0.3, -0.25) is 4.79 Å². The molecule has 0 radical (unpaired) electrons. The van der Waals surface area contributed by atoms with Crippen LogP contribution in [0.3, 0.4) is 0 Å². The maximum absolute atomic E-state index is 13.0. The summed E-state index contributed by atoms with van der Waals surface area (Å²) in [6.45, 7) is 1.92. The second kappa shape index (κ2) is 7.05. The molecule has 0 spiro atoms. The van der Waals surface area contributed by atoms with Gasteiger partial charge in [-0.05, 0) is 42.8 Å². The maximum atomic E-state index is 13.0. The molecule has 8 heteroatoms. The summed E-state index contributed by atoms with van der Waals surface area (Å²) in [6.07, 6.45) is -1.58. The molecule has 0 aliphatic carbocycles. The van der Waals surface area contributed by atoms with Crippen LogP contribution < -0.4 is 5.43 Å². The fourth-order valence-electron chi connectivity index (χ4n) is 3.03. The normalized spacial score (nSPS) is 11.6. The monoisotopic (exact) mass is 396 g/mol. The van der Waals surface area contributed by atoms with Gasteiger partial charge >= 0.3 is 6.18 Å². The second-order valence-corrected chi connectivity index (χ2v) is 6.44. The Hall–Kier alpha value is -3.68. The molecule has 5 nitrogen and oxygen atoms in total. The van der Waals surface area contributed by atoms with E-state index in [0.29, 0.717) is 5.69 Å². The van der Waals surface area contributed by atoms with Crippen molar-refractivity contribution in [1.29, 1.82) is 0 Å². The van der Waals surface area contributed by atoms with E-state index in [4.69, 9.17) is 0 Å². The van der Waals surface area contributed by atoms with Crippen LogP contribution in [-0.2, 0) is 6.18 Å². The van der Waals surface area contributed by atoms with Crippen molar-refractivity contribution in [2.75, 3.05) is 0 Å². The van der Waals surface area contributed by atoms with Crippen LogP contribution in [0.5, 0.6) is 0 Å². The van der Waals surface area contributed by atoms with Crippen LogP contribution in [-0.4, -0.2) is 19.6 Å². The van der Waals surface area contributed by atoms with Crippen molar-refractivity contribution >= 4 is 0 Å². The first kappa shape index (κ1) is 18.7. The molecule has 0 saturated carbocycles. The van der Waals surface area contributed by atoms with Gasteiger partial charge in [0.05, 0.1) is 28.8 Å². The van der Waals surface area contributed by atoms with Gasteiger partial charge in [-0.1, -0.05) is 24.3 Å². The third-order valence-corrected chi connectivity index (χ3v) is 4.48. The average Bonchev–Trinajstić information content (AvgIpc) is 3.17. The van der Waals surface area contributed by atoms with Crippen LogP contribution in [0.4, 0.5) is 13.2 Å². The predicted molar refractivity (Wildman–Crippen MR) is 102 cm³/mol. The largest absolute Gasteiger partial charge is 0.416 e. The van der Waals surface area contributed by atoms with Gasteiger partial charge in [0.1, 0.15) is 0 Å². The molecule has 0 saturated heterocycles. The molecule has 146 valence electrons. The van der Waals surface area contributed by atoms with E-state index in [2.05, 4.69) is 10.2 Å². The van der Waals surface area contributed by atoms with Crippen LogP contribution >= 0.6 is 0 Å². The molecule has 0 aliphatic rings. The highest BCUT2D eigenvalue weighted by Gasteiger charge is 2.30. The summed E-state index contributed by atoms with van der Waals surface area (Å²) < 4.78 is 42.0. The van der Waals surface area contributed by atoms with Crippen molar-refractivity contribution < 1.29 is 13.2 Å². The lowest BCUT2D eigenvalue weighted by atomic mass is 10.2. The summed E-state index contributed by atoms with van der Waals surface area (Å²) >= 11 is 0. The molecule has 2 heterocycles. The van der Waals surface area contributed by atoms with Gasteiger partial charge in [-0.2, -0.15) is 23.4 Å². The lowest BCUT2D eigenvalue weighted by Gasteiger charge is -2.12. The smallest absolute Gasteiger partial charge is 0.287 e. The summed E-state index contributed by atoms with van der Waals surface area (Å²) in [5, 5.41) is 8.59. The molecule has 29 heavy (non-hydrogen) atoms. The van der Waals surface area contributed by atoms with Crippen molar-refractivity contribution in [2.24, 2.45) is 0 Å². The molecule has 0 amide bonds. The van der Waals surface area contributed by atoms with Crippen LogP contribution in [0.2, 0.25) is 0 Å². The number of benzene rings is 2. The van der Waals surface area contributed by atoms with Crippen molar-refractivity contribution in [1.82, 2.24) is 19.6 Å². The number of para-hydroxylation sites is 1. The minimum Gasteiger partial charge on any atom is -0.287 e. The molecule has 4 aromatic rings. The Morgan fingerprint density at radius 1 is 0.966 bits per heavy atom. The fourth-order valence-corrected chi connectivity index (χ4v) is 3.03. The molecular formula is C21H15F3N4O. The van der Waals surface area contributed by atoms with Crippen LogP contribution in [0.15, 0.2) is 77.9 Å². The molecule has 2 aromatic heterocycles. The standard InChI is InChI=1S/C21H15F3N4O/c1-14-5-2-3-8-17(14)28-18(9-11-25-28)20-19(29)10-12-27(26-20)16-7-4-6-15(13-16)21(22,23)24/h2-13H,1H3. The summed E-state index contributed by atoms with van der Waals surface area (Å²) in [7, 11) is 0. The first-order valence-corrected chi connectivity index (χ1v) is 8.72. The average molecular weight is 396 g/mol. The zero-order chi connectivity index (χ0) is 20.6. The van der Waals surface area contributed by atoms with Gasteiger partial charge in [0.15, 0.2) is 5.69 Å². The summed E-state index contributed by atoms with van der Waals surface area (Å²) in [5.74, 6) is 0. The van der Waals surface area contributed by atoms with E-state index < -0.39 is 11.7 Å². The Bertz CT molecular complexity index is 1240. The summed E-state index contributed by atoms with van der Waals surface area (Å²) in [6, 6.07) is 15.2. The van der Waals surface area contributed by atoms with Gasteiger partial charge in [0.25, 0.3) is 0 Å². The SMILES string of the molecule is Cc1ccccc1-n1nccc1-c1nn(-c2cccc(C(F)(F)F)c2)ccc1=O. The van der Waals surface area contributed by atoms with Gasteiger partial charge < -0.3 is 0 Å². The third-order valence-electron chi connectivity index (χ3n) is 4.48. The lowest BCUT2D eigenvalue weighted by molar-refractivity contribution is -0.137. The number of hydrogen-bond acceptors (Lipinski definition) is 3. The summed E-state index contributed by atoms with van der Waals surface area (Å²) in [5.41, 5.74) is 1.32. The van der Waals surface area contributed by atoms with Crippen molar-refractivity contribution in [3.8, 4) is 22.8 Å². The first-order chi connectivity index (χ1) is 13.8. The predicted octanol–water partition coefficient (Wildman–Crippen LogP) is 4.41. The minimum atomic E-state index is -4.47. The first-order valence-electron chi connectivity index (χ1n) is 8.72. The Morgan fingerprint density at radius 3 is 2.52 bits per heavy atom. The van der Waals surface area contributed by atoms with Gasteiger partial charge in [-0.25, -0.2) is 9.36 Å². The minimum absolute atomic E-state index is 0.0886. The maximum Gasteiger partial charge on any atom is 0.416 e. The summed E-state index contributed by atoms with van der Waals surface area (Å²) in [4.78, 5) is 12.5. The molecule has 4 rings (SSSR count). The lowest BCUT2D eigenvalue weighted by Crippen LogP contribution is -2.15. The number of nitrogens with zero attached hydrogens (tertiary/aromatic N) is 4. The fraction of sp³-hybridized carbons (Fsp3) is 0.0952. The number of halogens is 3. The quantitative estimate of drug-likeness (QED) is 0.515. The van der Waals surface area contributed by atoms with Crippen molar-refractivity contribution in [2.45, 2.75) is 13.1 Å². The van der Waals surface area contributed by atoms with Gasteiger partial charge in [-0.15, -0.1) is 0 Å². The number of aryl methyl sites for hydroxylation is 1. The molecule has 0 atom stereocenters. The van der Waals surface area contributed by atoms with E-state index in [9.17, 15) is 18.0 Å². The van der Waals surface area contributed by atoms with E-state index in [0.717, 1.165) is 23.4 Å². The molecular weight excluding hydrogens is 381 g/mol. The zero-order valence-corrected chi connectivity index (χ0v) is 15.3. The van der Waals surface area contributed by atoms with E-state index in [-0.39, 0.29) is 16.8 Å². The van der Waals surface area contributed by atoms with Gasteiger partial charge in [0, 0.05) is 12.3 Å². The van der Waals surface area contributed by atoms with Crippen LogP contribution in [0.25, 0.3) is 22.8 Å². The number of alkyl halides is 3. The zero-order valence-electron chi connectivity index (χ0n) is 15.3. The topological polar surface area (TPSA) is 52.7 Å². The van der Waals surface area contributed by atoms with E-state index in [1.807, 2.05) is 31.2 Å². The Morgan fingerprint density at radius 2 is 1.76 bits per heavy atom. The molecule has 0 fully saturated rings. The third kappa shape index (κ3) is 3.56. The molecule has 0 unspecified atom stereocenters. The Balaban J connectivity index is 1.84.